The van der Waals surface area contributed by atoms with Gasteiger partial charge in [0.15, 0.2) is 0 Å². The van der Waals surface area contributed by atoms with Gasteiger partial charge in [0, 0.05) is 0 Å². The topological polar surface area (TPSA) is 12.0 Å². The molecule has 2 rings (SSSR count). The molecule has 112 valence electrons. The van der Waals surface area contributed by atoms with Crippen molar-refractivity contribution in [3.63, 3.8) is 0 Å². The highest BCUT2D eigenvalue weighted by Gasteiger charge is 2.15. The van der Waals surface area contributed by atoms with Gasteiger partial charge < -0.3 is 5.32 Å². The summed E-state index contributed by atoms with van der Waals surface area (Å²) in [5, 5.41) is 3.47. The Labute approximate surface area is 127 Å². The molecule has 0 amide bonds. The Hall–Kier alpha value is -1.67. The molecule has 1 nitrogen and oxygen atoms in total. The second kappa shape index (κ2) is 7.37. The Balaban J connectivity index is 2.35. The number of rotatable bonds is 6. The highest BCUT2D eigenvalue weighted by molar-refractivity contribution is 5.38. The van der Waals surface area contributed by atoms with Gasteiger partial charge in [-0.05, 0) is 54.3 Å². The normalized spacial score (nSPS) is 12.4. The van der Waals surface area contributed by atoms with E-state index in [0.29, 0.717) is 0 Å². The molecular weight excluding hydrogens is 261 g/mol. The summed E-state index contributed by atoms with van der Waals surface area (Å²) in [5.74, 6) is -0.180. The molecule has 0 bridgehead atoms. The number of halogens is 1. The van der Waals surface area contributed by atoms with E-state index in [-0.39, 0.29) is 11.9 Å². The first-order valence-electron chi connectivity index (χ1n) is 7.74. The molecule has 0 fully saturated rings. The molecule has 0 radical (unpaired) electrons. The Morgan fingerprint density at radius 1 is 1.05 bits per heavy atom. The largest absolute Gasteiger partial charge is 0.307 e. The average molecular weight is 285 g/mol. The van der Waals surface area contributed by atoms with Crippen molar-refractivity contribution in [2.75, 3.05) is 6.54 Å². The maximum absolute atomic E-state index is 13.6. The van der Waals surface area contributed by atoms with Crippen molar-refractivity contribution in [1.29, 1.82) is 0 Å². The summed E-state index contributed by atoms with van der Waals surface area (Å²) in [6.07, 6.45) is 2.25. The highest BCUT2D eigenvalue weighted by Crippen LogP contribution is 2.26. The molecule has 0 aliphatic rings. The van der Waals surface area contributed by atoms with Crippen LogP contribution in [0.5, 0.6) is 0 Å². The summed E-state index contributed by atoms with van der Waals surface area (Å²) in [6, 6.07) is 13.7. The minimum absolute atomic E-state index is 0.0429. The van der Waals surface area contributed by atoms with Crippen LogP contribution in [0.4, 0.5) is 4.39 Å². The van der Waals surface area contributed by atoms with E-state index in [9.17, 15) is 4.39 Å². The maximum atomic E-state index is 13.6. The first-order valence-corrected chi connectivity index (χ1v) is 7.74. The van der Waals surface area contributed by atoms with Gasteiger partial charge in [-0.1, -0.05) is 50.6 Å². The first kappa shape index (κ1) is 15.7. The molecule has 2 heteroatoms. The van der Waals surface area contributed by atoms with Crippen molar-refractivity contribution in [2.45, 2.75) is 39.7 Å². The summed E-state index contributed by atoms with van der Waals surface area (Å²) in [5.41, 5.74) is 4.66. The van der Waals surface area contributed by atoms with Crippen LogP contribution in [0.2, 0.25) is 0 Å². The van der Waals surface area contributed by atoms with E-state index >= 15 is 0 Å². The fraction of sp³-hybridized carbons (Fsp3) is 0.368. The van der Waals surface area contributed by atoms with Gasteiger partial charge in [0.05, 0.1) is 6.04 Å². The molecule has 2 aromatic carbocycles. The Kier molecular flexibility index (Phi) is 5.51. The van der Waals surface area contributed by atoms with E-state index in [1.54, 1.807) is 6.07 Å². The zero-order valence-corrected chi connectivity index (χ0v) is 13.1. The van der Waals surface area contributed by atoms with Crippen LogP contribution in [0.25, 0.3) is 0 Å². The molecule has 1 N–H and O–H groups in total. The van der Waals surface area contributed by atoms with Crippen LogP contribution in [0.1, 0.15) is 48.6 Å². The van der Waals surface area contributed by atoms with Crippen LogP contribution < -0.4 is 5.32 Å². The summed E-state index contributed by atoms with van der Waals surface area (Å²) in [6.45, 7) is 7.14. The molecule has 2 aromatic rings. The van der Waals surface area contributed by atoms with E-state index < -0.39 is 0 Å². The molecular formula is C19H24FN. The van der Waals surface area contributed by atoms with Gasteiger partial charge in [0.2, 0.25) is 0 Å². The zero-order valence-electron chi connectivity index (χ0n) is 13.1. The van der Waals surface area contributed by atoms with Crippen molar-refractivity contribution < 1.29 is 4.39 Å². The lowest BCUT2D eigenvalue weighted by Crippen LogP contribution is -2.23. The highest BCUT2D eigenvalue weighted by atomic mass is 19.1. The van der Waals surface area contributed by atoms with Gasteiger partial charge in [0.25, 0.3) is 0 Å². The molecule has 0 aromatic heterocycles. The Morgan fingerprint density at radius 3 is 2.38 bits per heavy atom. The van der Waals surface area contributed by atoms with Crippen LogP contribution in [0, 0.1) is 12.7 Å². The number of nitrogens with one attached hydrogen (secondary N) is 1. The Bertz CT molecular complexity index is 575. The first-order chi connectivity index (χ1) is 10.2. The number of aryl methyl sites for hydroxylation is 2. The van der Waals surface area contributed by atoms with Crippen LogP contribution in [0.15, 0.2) is 42.5 Å². The molecule has 1 atom stereocenters. The summed E-state index contributed by atoms with van der Waals surface area (Å²) >= 11 is 0. The van der Waals surface area contributed by atoms with Crippen LogP contribution >= 0.6 is 0 Å². The van der Waals surface area contributed by atoms with Gasteiger partial charge in [-0.2, -0.15) is 0 Å². The third kappa shape index (κ3) is 3.92. The van der Waals surface area contributed by atoms with Crippen LogP contribution in [0.3, 0.4) is 0 Å². The second-order valence-corrected chi connectivity index (χ2v) is 5.48. The van der Waals surface area contributed by atoms with Crippen molar-refractivity contribution in [1.82, 2.24) is 5.32 Å². The van der Waals surface area contributed by atoms with Crippen LogP contribution in [-0.2, 0) is 6.42 Å². The lowest BCUT2D eigenvalue weighted by Gasteiger charge is -2.21. The van der Waals surface area contributed by atoms with E-state index in [0.717, 1.165) is 30.5 Å². The predicted octanol–water partition coefficient (Wildman–Crippen LogP) is 4.79. The van der Waals surface area contributed by atoms with Gasteiger partial charge >= 0.3 is 0 Å². The molecule has 21 heavy (non-hydrogen) atoms. The minimum Gasteiger partial charge on any atom is -0.307 e. The predicted molar refractivity (Wildman–Crippen MR) is 87.1 cm³/mol. The third-order valence-electron chi connectivity index (χ3n) is 3.81. The molecule has 1 unspecified atom stereocenters. The average Bonchev–Trinajstić information content (AvgIpc) is 2.49. The summed E-state index contributed by atoms with van der Waals surface area (Å²) in [7, 11) is 0. The standard InChI is InChI=1S/C19H24FN/c1-4-6-15-8-10-16(11-9-15)19(21-5-2)18-13-17(20)12-7-14(18)3/h7-13,19,21H,4-6H2,1-3H3. The van der Waals surface area contributed by atoms with Crippen LogP contribution in [-0.4, -0.2) is 6.54 Å². The second-order valence-electron chi connectivity index (χ2n) is 5.48. The fourth-order valence-corrected chi connectivity index (χ4v) is 2.70. The number of hydrogen-bond acceptors (Lipinski definition) is 1. The summed E-state index contributed by atoms with van der Waals surface area (Å²) in [4.78, 5) is 0. The molecule has 0 saturated heterocycles. The quantitative estimate of drug-likeness (QED) is 0.805. The van der Waals surface area contributed by atoms with E-state index in [2.05, 4.69) is 43.4 Å². The van der Waals surface area contributed by atoms with Gasteiger partial charge in [0.1, 0.15) is 5.82 Å². The van der Waals surface area contributed by atoms with Crippen molar-refractivity contribution in [2.24, 2.45) is 0 Å². The molecule has 0 saturated carbocycles. The molecule has 0 aliphatic heterocycles. The minimum atomic E-state index is -0.180. The molecule has 0 spiro atoms. The van der Waals surface area contributed by atoms with Gasteiger partial charge in [-0.25, -0.2) is 4.39 Å². The van der Waals surface area contributed by atoms with E-state index in [1.165, 1.54) is 17.2 Å². The van der Waals surface area contributed by atoms with E-state index in [1.807, 2.05) is 13.0 Å². The van der Waals surface area contributed by atoms with Crippen molar-refractivity contribution >= 4 is 0 Å². The maximum Gasteiger partial charge on any atom is 0.123 e. The van der Waals surface area contributed by atoms with Crippen molar-refractivity contribution in [3.8, 4) is 0 Å². The zero-order chi connectivity index (χ0) is 15.2. The lowest BCUT2D eigenvalue weighted by molar-refractivity contribution is 0.600. The lowest BCUT2D eigenvalue weighted by atomic mass is 9.93. The number of hydrogen-bond donors (Lipinski definition) is 1. The van der Waals surface area contributed by atoms with Crippen molar-refractivity contribution in [3.05, 3.63) is 70.5 Å². The monoisotopic (exact) mass is 285 g/mol. The summed E-state index contributed by atoms with van der Waals surface area (Å²) < 4.78 is 13.6. The van der Waals surface area contributed by atoms with E-state index in [4.69, 9.17) is 0 Å². The smallest absolute Gasteiger partial charge is 0.123 e. The fourth-order valence-electron chi connectivity index (χ4n) is 2.70. The number of benzene rings is 2. The SMILES string of the molecule is CCCc1ccc(C(NCC)c2cc(F)ccc2C)cc1. The molecule has 0 heterocycles. The Morgan fingerprint density at radius 2 is 1.76 bits per heavy atom. The van der Waals surface area contributed by atoms with Gasteiger partial charge in [-0.15, -0.1) is 0 Å². The molecule has 0 aliphatic carbocycles. The third-order valence-corrected chi connectivity index (χ3v) is 3.81. The van der Waals surface area contributed by atoms with Gasteiger partial charge in [-0.3, -0.25) is 0 Å².